The van der Waals surface area contributed by atoms with Crippen molar-refractivity contribution in [3.63, 3.8) is 0 Å². The van der Waals surface area contributed by atoms with Gasteiger partial charge in [0.2, 0.25) is 5.91 Å². The number of para-hydroxylation sites is 2. The van der Waals surface area contributed by atoms with Crippen LogP contribution in [-0.4, -0.2) is 33.8 Å². The summed E-state index contributed by atoms with van der Waals surface area (Å²) in [7, 11) is 0. The number of hydrogen-bond donors (Lipinski definition) is 2. The molecule has 1 amide bonds. The molecule has 2 unspecified atom stereocenters. The van der Waals surface area contributed by atoms with Crippen LogP contribution >= 0.6 is 11.8 Å². The van der Waals surface area contributed by atoms with Crippen LogP contribution in [0.2, 0.25) is 0 Å². The molecule has 0 aliphatic rings. The molecule has 0 spiro atoms. The quantitative estimate of drug-likeness (QED) is 0.794. The highest BCUT2D eigenvalue weighted by atomic mass is 32.2. The second kappa shape index (κ2) is 6.62. The highest BCUT2D eigenvalue weighted by Crippen LogP contribution is 2.22. The number of nitrogens with one attached hydrogen (secondary N) is 1. The van der Waals surface area contributed by atoms with Crippen molar-refractivity contribution < 1.29 is 19.1 Å². The molecule has 1 heterocycles. The Kier molecular flexibility index (Phi) is 4.85. The lowest BCUT2D eigenvalue weighted by Gasteiger charge is -2.17. The number of aliphatic carboxylic acids is 1. The fourth-order valence-corrected chi connectivity index (χ4v) is 2.32. The van der Waals surface area contributed by atoms with E-state index < -0.39 is 17.9 Å². The molecule has 0 saturated carbocycles. The molecule has 112 valence electrons. The molecule has 0 bridgehead atoms. The number of carboxylic acid groups (broad SMARTS) is 1. The van der Waals surface area contributed by atoms with Gasteiger partial charge in [-0.1, -0.05) is 23.9 Å². The molecule has 0 fully saturated rings. The minimum absolute atomic E-state index is 0.128. The van der Waals surface area contributed by atoms with E-state index in [4.69, 9.17) is 9.52 Å². The molecule has 1 aromatic carbocycles. The van der Waals surface area contributed by atoms with Gasteiger partial charge in [-0.2, -0.15) is 0 Å². The normalized spacial score (nSPS) is 13.8. The minimum Gasteiger partial charge on any atom is -0.481 e. The minimum atomic E-state index is -0.936. The maximum atomic E-state index is 11.8. The Labute approximate surface area is 125 Å². The maximum absolute atomic E-state index is 11.8. The van der Waals surface area contributed by atoms with Gasteiger partial charge in [0, 0.05) is 6.04 Å². The summed E-state index contributed by atoms with van der Waals surface area (Å²) >= 11 is 1.18. The molecule has 7 heteroatoms. The summed E-state index contributed by atoms with van der Waals surface area (Å²) in [5.41, 5.74) is 1.42. The number of hydrogen-bond acceptors (Lipinski definition) is 5. The van der Waals surface area contributed by atoms with Gasteiger partial charge < -0.3 is 14.8 Å². The number of oxazole rings is 1. The average Bonchev–Trinajstić information content (AvgIpc) is 2.86. The fourth-order valence-electron chi connectivity index (χ4n) is 1.67. The van der Waals surface area contributed by atoms with Gasteiger partial charge in [0.25, 0.3) is 5.22 Å². The van der Waals surface area contributed by atoms with Gasteiger partial charge in [-0.15, -0.1) is 0 Å². The molecule has 2 atom stereocenters. The Morgan fingerprint density at radius 1 is 1.38 bits per heavy atom. The van der Waals surface area contributed by atoms with Gasteiger partial charge in [0.1, 0.15) is 5.52 Å². The summed E-state index contributed by atoms with van der Waals surface area (Å²) in [6.07, 6.45) is 0. The molecule has 0 aliphatic heterocycles. The van der Waals surface area contributed by atoms with E-state index in [1.165, 1.54) is 11.8 Å². The van der Waals surface area contributed by atoms with E-state index in [0.717, 1.165) is 5.52 Å². The number of benzene rings is 1. The first-order valence-corrected chi connectivity index (χ1v) is 7.46. The Balaban J connectivity index is 1.87. The summed E-state index contributed by atoms with van der Waals surface area (Å²) in [6.45, 7) is 3.22. The molecule has 2 N–H and O–H groups in total. The number of carboxylic acids is 1. The van der Waals surface area contributed by atoms with E-state index in [1.807, 2.05) is 24.3 Å². The molecule has 0 aliphatic carbocycles. The lowest BCUT2D eigenvalue weighted by molar-refractivity contribution is -0.142. The molecule has 2 rings (SSSR count). The third-order valence-corrected chi connectivity index (χ3v) is 3.96. The molecular formula is C14H16N2O4S. The van der Waals surface area contributed by atoms with E-state index in [1.54, 1.807) is 13.8 Å². The zero-order valence-electron chi connectivity index (χ0n) is 11.7. The van der Waals surface area contributed by atoms with E-state index in [-0.39, 0.29) is 11.7 Å². The molecule has 6 nitrogen and oxygen atoms in total. The van der Waals surface area contributed by atoms with Crippen LogP contribution in [0.1, 0.15) is 13.8 Å². The predicted octanol–water partition coefficient (Wildman–Crippen LogP) is 2.15. The smallest absolute Gasteiger partial charge is 0.308 e. The zero-order valence-corrected chi connectivity index (χ0v) is 12.5. The average molecular weight is 308 g/mol. The van der Waals surface area contributed by atoms with Gasteiger partial charge in [0.05, 0.1) is 11.7 Å². The van der Waals surface area contributed by atoms with Gasteiger partial charge in [-0.25, -0.2) is 4.98 Å². The molecule has 0 radical (unpaired) electrons. The van der Waals surface area contributed by atoms with Crippen LogP contribution in [0.5, 0.6) is 0 Å². The van der Waals surface area contributed by atoms with E-state index in [2.05, 4.69) is 10.3 Å². The van der Waals surface area contributed by atoms with Crippen molar-refractivity contribution >= 4 is 34.7 Å². The number of rotatable bonds is 6. The summed E-state index contributed by atoms with van der Waals surface area (Å²) in [5, 5.41) is 11.9. The van der Waals surface area contributed by atoms with E-state index >= 15 is 0 Å². The fraction of sp³-hybridized carbons (Fsp3) is 0.357. The first kappa shape index (κ1) is 15.4. The summed E-state index contributed by atoms with van der Waals surface area (Å²) in [5.74, 6) is -1.69. The lowest BCUT2D eigenvalue weighted by atomic mass is 10.0. The zero-order chi connectivity index (χ0) is 15.4. The first-order valence-electron chi connectivity index (χ1n) is 6.48. The standard InChI is InChI=1S/C14H16N2O4S/c1-8(13(18)19)9(2)15-12(17)7-21-14-16-10-5-3-4-6-11(10)20-14/h3-6,8-9H,7H2,1-2H3,(H,15,17)(H,18,19). The topological polar surface area (TPSA) is 92.4 Å². The second-order valence-corrected chi connectivity index (χ2v) is 5.65. The highest BCUT2D eigenvalue weighted by Gasteiger charge is 2.21. The predicted molar refractivity (Wildman–Crippen MR) is 79.1 cm³/mol. The van der Waals surface area contributed by atoms with Crippen molar-refractivity contribution in [1.29, 1.82) is 0 Å². The number of amides is 1. The van der Waals surface area contributed by atoms with Crippen molar-refractivity contribution in [1.82, 2.24) is 10.3 Å². The van der Waals surface area contributed by atoms with Gasteiger partial charge in [0.15, 0.2) is 5.58 Å². The number of carbonyl (C=O) groups is 2. The van der Waals surface area contributed by atoms with Crippen LogP contribution < -0.4 is 5.32 Å². The van der Waals surface area contributed by atoms with Crippen molar-refractivity contribution in [2.45, 2.75) is 25.1 Å². The van der Waals surface area contributed by atoms with Gasteiger partial charge in [-0.3, -0.25) is 9.59 Å². The molecule has 0 saturated heterocycles. The number of fused-ring (bicyclic) bond motifs is 1. The maximum Gasteiger partial charge on any atom is 0.308 e. The van der Waals surface area contributed by atoms with Crippen LogP contribution in [0.15, 0.2) is 33.9 Å². The Morgan fingerprint density at radius 3 is 2.76 bits per heavy atom. The van der Waals surface area contributed by atoms with Crippen molar-refractivity contribution in [2.24, 2.45) is 5.92 Å². The summed E-state index contributed by atoms with van der Waals surface area (Å²) in [6, 6.07) is 6.92. The van der Waals surface area contributed by atoms with Crippen LogP contribution in [0.4, 0.5) is 0 Å². The third kappa shape index (κ3) is 3.98. The number of aromatic nitrogens is 1. The Hall–Kier alpha value is -2.02. The largest absolute Gasteiger partial charge is 0.481 e. The lowest BCUT2D eigenvalue weighted by Crippen LogP contribution is -2.40. The summed E-state index contributed by atoms with van der Waals surface area (Å²) in [4.78, 5) is 26.8. The monoisotopic (exact) mass is 308 g/mol. The van der Waals surface area contributed by atoms with Crippen LogP contribution in [0, 0.1) is 5.92 Å². The van der Waals surface area contributed by atoms with Crippen molar-refractivity contribution in [3.05, 3.63) is 24.3 Å². The van der Waals surface area contributed by atoms with Gasteiger partial charge in [-0.05, 0) is 26.0 Å². The number of thioether (sulfide) groups is 1. The molecule has 2 aromatic rings. The first-order chi connectivity index (χ1) is 9.97. The third-order valence-electron chi connectivity index (χ3n) is 3.13. The molecular weight excluding hydrogens is 292 g/mol. The van der Waals surface area contributed by atoms with Crippen molar-refractivity contribution in [2.75, 3.05) is 5.75 Å². The van der Waals surface area contributed by atoms with Crippen LogP contribution in [0.3, 0.4) is 0 Å². The van der Waals surface area contributed by atoms with E-state index in [9.17, 15) is 9.59 Å². The number of carbonyl (C=O) groups excluding carboxylic acids is 1. The number of nitrogens with zero attached hydrogens (tertiary/aromatic N) is 1. The molecule has 1 aromatic heterocycles. The summed E-state index contributed by atoms with van der Waals surface area (Å²) < 4.78 is 5.49. The molecule has 21 heavy (non-hydrogen) atoms. The Morgan fingerprint density at radius 2 is 2.10 bits per heavy atom. The van der Waals surface area contributed by atoms with Crippen molar-refractivity contribution in [3.8, 4) is 0 Å². The van der Waals surface area contributed by atoms with Crippen LogP contribution in [-0.2, 0) is 9.59 Å². The second-order valence-electron chi connectivity index (χ2n) is 4.72. The van der Waals surface area contributed by atoms with Gasteiger partial charge >= 0.3 is 5.97 Å². The SMILES string of the molecule is CC(NC(=O)CSc1nc2ccccc2o1)C(C)C(=O)O. The van der Waals surface area contributed by atoms with E-state index in [0.29, 0.717) is 10.8 Å². The Bertz CT molecular complexity index is 622. The highest BCUT2D eigenvalue weighted by molar-refractivity contribution is 7.99. The van der Waals surface area contributed by atoms with Crippen LogP contribution in [0.25, 0.3) is 11.1 Å².